The molecule has 0 radical (unpaired) electrons. The van der Waals surface area contributed by atoms with Crippen LogP contribution < -0.4 is 0 Å². The minimum atomic E-state index is 0.0705. The van der Waals surface area contributed by atoms with E-state index in [1.165, 1.54) is 16.5 Å². The molecule has 15 heavy (non-hydrogen) atoms. The first-order valence-electron chi connectivity index (χ1n) is 5.39. The van der Waals surface area contributed by atoms with Gasteiger partial charge in [0.15, 0.2) is 0 Å². The maximum Gasteiger partial charge on any atom is 0.0865 e. The first-order valence-corrected chi connectivity index (χ1v) is 5.39. The average molecular weight is 196 g/mol. The van der Waals surface area contributed by atoms with Crippen LogP contribution in [0, 0.1) is 11.3 Å². The molecule has 2 heteroatoms. The predicted molar refractivity (Wildman–Crippen MR) is 59.6 cm³/mol. The molecular weight excluding hydrogens is 184 g/mol. The number of nitriles is 1. The molecule has 1 aliphatic carbocycles. The van der Waals surface area contributed by atoms with Gasteiger partial charge >= 0.3 is 0 Å². The summed E-state index contributed by atoms with van der Waals surface area (Å²) < 4.78 is 0. The smallest absolute Gasteiger partial charge is 0.0865 e. The van der Waals surface area contributed by atoms with Crippen LogP contribution >= 0.6 is 0 Å². The second-order valence-corrected chi connectivity index (χ2v) is 4.14. The van der Waals surface area contributed by atoms with Gasteiger partial charge in [0, 0.05) is 16.6 Å². The first kappa shape index (κ1) is 8.55. The molecule has 1 aromatic carbocycles. The van der Waals surface area contributed by atoms with Gasteiger partial charge in [0.25, 0.3) is 0 Å². The number of H-pyrrole nitrogens is 1. The summed E-state index contributed by atoms with van der Waals surface area (Å²) in [5, 5.41) is 10.4. The SMILES string of the molecule is N#C[C@@H]1CCCc2c1[nH]c1ccccc21. The van der Waals surface area contributed by atoms with E-state index in [0.29, 0.717) is 0 Å². The van der Waals surface area contributed by atoms with E-state index >= 15 is 0 Å². The van der Waals surface area contributed by atoms with Gasteiger partial charge in [-0.1, -0.05) is 18.2 Å². The lowest BCUT2D eigenvalue weighted by Gasteiger charge is -2.16. The zero-order valence-corrected chi connectivity index (χ0v) is 8.46. The number of nitrogens with zero attached hydrogens (tertiary/aromatic N) is 1. The summed E-state index contributed by atoms with van der Waals surface area (Å²) in [6.45, 7) is 0. The fourth-order valence-corrected chi connectivity index (χ4v) is 2.54. The van der Waals surface area contributed by atoms with Gasteiger partial charge in [0.2, 0.25) is 0 Å². The van der Waals surface area contributed by atoms with E-state index in [1.807, 2.05) is 6.07 Å². The Morgan fingerprint density at radius 1 is 1.33 bits per heavy atom. The van der Waals surface area contributed by atoms with E-state index in [0.717, 1.165) is 25.0 Å². The van der Waals surface area contributed by atoms with Crippen LogP contribution in [-0.4, -0.2) is 4.98 Å². The van der Waals surface area contributed by atoms with Crippen LogP contribution in [0.2, 0.25) is 0 Å². The van der Waals surface area contributed by atoms with Crippen molar-refractivity contribution in [3.8, 4) is 6.07 Å². The Morgan fingerprint density at radius 2 is 2.20 bits per heavy atom. The first-order chi connectivity index (χ1) is 7.40. The van der Waals surface area contributed by atoms with E-state index in [1.54, 1.807) is 0 Å². The number of aromatic amines is 1. The summed E-state index contributed by atoms with van der Waals surface area (Å²) >= 11 is 0. The summed E-state index contributed by atoms with van der Waals surface area (Å²) in [5.41, 5.74) is 3.69. The molecule has 0 unspecified atom stereocenters. The third-order valence-corrected chi connectivity index (χ3v) is 3.27. The fourth-order valence-electron chi connectivity index (χ4n) is 2.54. The summed E-state index contributed by atoms with van der Waals surface area (Å²) in [5.74, 6) is 0.0705. The Hall–Kier alpha value is -1.75. The topological polar surface area (TPSA) is 39.6 Å². The third-order valence-electron chi connectivity index (χ3n) is 3.27. The standard InChI is InChI=1S/C13H12N2/c14-8-9-4-3-6-11-10-5-1-2-7-12(10)15-13(9)11/h1-2,5,7,9,15H,3-4,6H2/t9-/m0/s1. The Bertz CT molecular complexity index is 545. The zero-order chi connectivity index (χ0) is 10.3. The van der Waals surface area contributed by atoms with Crippen LogP contribution in [0.1, 0.15) is 30.0 Å². The molecule has 0 fully saturated rings. The highest BCUT2D eigenvalue weighted by Crippen LogP contribution is 2.35. The minimum absolute atomic E-state index is 0.0705. The van der Waals surface area contributed by atoms with Crippen molar-refractivity contribution in [1.82, 2.24) is 4.98 Å². The van der Waals surface area contributed by atoms with Crippen molar-refractivity contribution in [1.29, 1.82) is 5.26 Å². The van der Waals surface area contributed by atoms with Crippen LogP contribution in [0.3, 0.4) is 0 Å². The van der Waals surface area contributed by atoms with Crippen molar-refractivity contribution in [3.63, 3.8) is 0 Å². The van der Waals surface area contributed by atoms with Gasteiger partial charge in [-0.25, -0.2) is 0 Å². The van der Waals surface area contributed by atoms with Crippen molar-refractivity contribution in [3.05, 3.63) is 35.5 Å². The molecule has 74 valence electrons. The van der Waals surface area contributed by atoms with Gasteiger partial charge < -0.3 is 4.98 Å². The second-order valence-electron chi connectivity index (χ2n) is 4.14. The highest BCUT2D eigenvalue weighted by Gasteiger charge is 2.23. The maximum absolute atomic E-state index is 9.09. The molecule has 0 saturated heterocycles. The van der Waals surface area contributed by atoms with E-state index in [-0.39, 0.29) is 5.92 Å². The molecule has 1 aromatic heterocycles. The maximum atomic E-state index is 9.09. The molecule has 0 saturated carbocycles. The number of hydrogen-bond donors (Lipinski definition) is 1. The van der Waals surface area contributed by atoms with Crippen molar-refractivity contribution >= 4 is 10.9 Å². The van der Waals surface area contributed by atoms with E-state index < -0.39 is 0 Å². The molecule has 0 amide bonds. The lowest BCUT2D eigenvalue weighted by Crippen LogP contribution is -2.06. The van der Waals surface area contributed by atoms with Crippen molar-refractivity contribution < 1.29 is 0 Å². The quantitative estimate of drug-likeness (QED) is 0.690. The van der Waals surface area contributed by atoms with Crippen LogP contribution in [0.25, 0.3) is 10.9 Å². The average Bonchev–Trinajstić information content (AvgIpc) is 2.67. The molecule has 0 bridgehead atoms. The largest absolute Gasteiger partial charge is 0.357 e. The van der Waals surface area contributed by atoms with Gasteiger partial charge in [-0.15, -0.1) is 0 Å². The Labute approximate surface area is 88.5 Å². The van der Waals surface area contributed by atoms with Crippen molar-refractivity contribution in [2.45, 2.75) is 25.2 Å². The molecule has 1 aliphatic rings. The monoisotopic (exact) mass is 196 g/mol. The molecule has 3 rings (SSSR count). The van der Waals surface area contributed by atoms with E-state index in [4.69, 9.17) is 5.26 Å². The van der Waals surface area contributed by atoms with Crippen LogP contribution in [-0.2, 0) is 6.42 Å². The second kappa shape index (κ2) is 3.13. The van der Waals surface area contributed by atoms with Gasteiger partial charge in [-0.2, -0.15) is 5.26 Å². The number of aryl methyl sites for hydroxylation is 1. The lowest BCUT2D eigenvalue weighted by molar-refractivity contribution is 0.629. The molecule has 1 atom stereocenters. The molecular formula is C13H12N2. The summed E-state index contributed by atoms with van der Waals surface area (Å²) in [6, 6.07) is 10.7. The summed E-state index contributed by atoms with van der Waals surface area (Å²) in [7, 11) is 0. The van der Waals surface area contributed by atoms with Gasteiger partial charge in [0.1, 0.15) is 0 Å². The van der Waals surface area contributed by atoms with Crippen LogP contribution in [0.15, 0.2) is 24.3 Å². The number of fused-ring (bicyclic) bond motifs is 3. The normalized spacial score (nSPS) is 19.8. The highest BCUT2D eigenvalue weighted by atomic mass is 14.7. The minimum Gasteiger partial charge on any atom is -0.357 e. The Morgan fingerprint density at radius 3 is 3.07 bits per heavy atom. The van der Waals surface area contributed by atoms with E-state index in [9.17, 15) is 0 Å². The van der Waals surface area contributed by atoms with Gasteiger partial charge in [-0.05, 0) is 30.9 Å². The van der Waals surface area contributed by atoms with Gasteiger partial charge in [-0.3, -0.25) is 0 Å². The molecule has 1 N–H and O–H groups in total. The predicted octanol–water partition coefficient (Wildman–Crippen LogP) is 3.11. The molecule has 0 spiro atoms. The summed E-state index contributed by atoms with van der Waals surface area (Å²) in [4.78, 5) is 3.39. The van der Waals surface area contributed by atoms with Gasteiger partial charge in [0.05, 0.1) is 12.0 Å². The number of aromatic nitrogens is 1. The van der Waals surface area contributed by atoms with Crippen LogP contribution in [0.4, 0.5) is 0 Å². The Kier molecular flexibility index (Phi) is 1.78. The van der Waals surface area contributed by atoms with Crippen molar-refractivity contribution in [2.24, 2.45) is 0 Å². The fraction of sp³-hybridized carbons (Fsp3) is 0.308. The van der Waals surface area contributed by atoms with E-state index in [2.05, 4.69) is 29.3 Å². The number of nitrogens with one attached hydrogen (secondary N) is 1. The molecule has 2 aromatic rings. The lowest BCUT2D eigenvalue weighted by atomic mass is 9.88. The number of rotatable bonds is 0. The van der Waals surface area contributed by atoms with Crippen LogP contribution in [0.5, 0.6) is 0 Å². The molecule has 2 nitrogen and oxygen atoms in total. The Balaban J connectivity index is 2.30. The van der Waals surface area contributed by atoms with Crippen molar-refractivity contribution in [2.75, 3.05) is 0 Å². The molecule has 1 heterocycles. The summed E-state index contributed by atoms with van der Waals surface area (Å²) in [6.07, 6.45) is 3.24. The highest BCUT2D eigenvalue weighted by molar-refractivity contribution is 5.85. The number of benzene rings is 1. The third kappa shape index (κ3) is 1.16. The zero-order valence-electron chi connectivity index (χ0n) is 8.46. The molecule has 0 aliphatic heterocycles. The number of hydrogen-bond acceptors (Lipinski definition) is 1. The number of para-hydroxylation sites is 1.